The molecule has 0 amide bonds. The SMILES string of the molecule is CCNc1cc(F)cc2c1[nH]c1ncc(-c3cnc(C)nc3)c(-n3ccc(C(F)(F)F)n3)c12. The molecule has 0 radical (unpaired) electrons. The van der Waals surface area contributed by atoms with Crippen molar-refractivity contribution in [1.29, 1.82) is 0 Å². The van der Waals surface area contributed by atoms with Crippen LogP contribution in [0, 0.1) is 12.7 Å². The van der Waals surface area contributed by atoms with Crippen LogP contribution in [0.3, 0.4) is 0 Å². The Bertz CT molecular complexity index is 1480. The minimum Gasteiger partial charge on any atom is -0.384 e. The number of hydrogen-bond acceptors (Lipinski definition) is 5. The van der Waals surface area contributed by atoms with Gasteiger partial charge in [0.05, 0.1) is 22.3 Å². The molecule has 0 bridgehead atoms. The average Bonchev–Trinajstić information content (AvgIpc) is 3.39. The van der Waals surface area contributed by atoms with Crippen molar-refractivity contribution >= 4 is 27.6 Å². The maximum atomic E-state index is 14.5. The fourth-order valence-electron chi connectivity index (χ4n) is 3.82. The van der Waals surface area contributed by atoms with Crippen LogP contribution in [0.4, 0.5) is 23.2 Å². The monoisotopic (exact) mass is 455 g/mol. The number of benzene rings is 1. The highest BCUT2D eigenvalue weighted by molar-refractivity contribution is 6.15. The average molecular weight is 455 g/mol. The minimum atomic E-state index is -4.62. The van der Waals surface area contributed by atoms with Gasteiger partial charge >= 0.3 is 6.18 Å². The van der Waals surface area contributed by atoms with Gasteiger partial charge in [-0.05, 0) is 32.0 Å². The molecule has 5 aromatic rings. The van der Waals surface area contributed by atoms with Gasteiger partial charge in [-0.25, -0.2) is 24.0 Å². The molecule has 4 heterocycles. The molecule has 0 saturated carbocycles. The van der Waals surface area contributed by atoms with Crippen LogP contribution in [0.2, 0.25) is 0 Å². The molecule has 0 unspecified atom stereocenters. The van der Waals surface area contributed by atoms with Crippen molar-refractivity contribution in [3.05, 3.63) is 60.3 Å². The van der Waals surface area contributed by atoms with Gasteiger partial charge in [0.2, 0.25) is 0 Å². The second kappa shape index (κ2) is 7.54. The molecule has 11 heteroatoms. The highest BCUT2D eigenvalue weighted by Crippen LogP contribution is 2.39. The van der Waals surface area contributed by atoms with Crippen LogP contribution in [0.15, 0.2) is 43.0 Å². The second-order valence-corrected chi connectivity index (χ2v) is 7.44. The summed E-state index contributed by atoms with van der Waals surface area (Å²) in [7, 11) is 0. The first kappa shape index (κ1) is 20.9. The molecule has 0 saturated heterocycles. The first-order valence-electron chi connectivity index (χ1n) is 10.1. The van der Waals surface area contributed by atoms with Crippen LogP contribution in [0.25, 0.3) is 38.8 Å². The van der Waals surface area contributed by atoms with E-state index in [0.29, 0.717) is 56.8 Å². The molecule has 5 rings (SSSR count). The fourth-order valence-corrected chi connectivity index (χ4v) is 3.82. The predicted molar refractivity (Wildman–Crippen MR) is 116 cm³/mol. The summed E-state index contributed by atoms with van der Waals surface area (Å²) in [4.78, 5) is 16.0. The number of pyridine rings is 1. The van der Waals surface area contributed by atoms with Crippen LogP contribution < -0.4 is 5.32 Å². The fraction of sp³-hybridized carbons (Fsp3) is 0.182. The van der Waals surface area contributed by atoms with Gasteiger partial charge in [-0.1, -0.05) is 0 Å². The standard InChI is InChI=1S/C22H17F4N7/c1-3-27-16-7-13(23)6-14-18-20(33-5-4-17(32-33)22(24,25)26)15(10-30-21(18)31-19(14)16)12-8-28-11(2)29-9-12/h4-10,27H,3H2,1-2H3,(H,30,31). The lowest BCUT2D eigenvalue weighted by Gasteiger charge is -2.12. The van der Waals surface area contributed by atoms with E-state index in [-0.39, 0.29) is 0 Å². The molecule has 4 aromatic heterocycles. The number of aromatic amines is 1. The van der Waals surface area contributed by atoms with E-state index in [1.807, 2.05) is 6.92 Å². The van der Waals surface area contributed by atoms with E-state index in [9.17, 15) is 17.6 Å². The van der Waals surface area contributed by atoms with Crippen molar-refractivity contribution in [2.75, 3.05) is 11.9 Å². The van der Waals surface area contributed by atoms with Crippen molar-refractivity contribution < 1.29 is 17.6 Å². The molecule has 0 atom stereocenters. The summed E-state index contributed by atoms with van der Waals surface area (Å²) < 4.78 is 55.6. The molecule has 1 aromatic carbocycles. The maximum Gasteiger partial charge on any atom is 0.435 e. The van der Waals surface area contributed by atoms with Crippen LogP contribution in [-0.4, -0.2) is 36.3 Å². The number of halogens is 4. The Morgan fingerprint density at radius 1 is 1.09 bits per heavy atom. The van der Waals surface area contributed by atoms with Gasteiger partial charge < -0.3 is 10.3 Å². The molecule has 0 fully saturated rings. The van der Waals surface area contributed by atoms with E-state index < -0.39 is 17.7 Å². The Morgan fingerprint density at radius 3 is 2.52 bits per heavy atom. The van der Waals surface area contributed by atoms with E-state index in [4.69, 9.17) is 0 Å². The van der Waals surface area contributed by atoms with E-state index in [1.54, 1.807) is 19.3 Å². The Hall–Kier alpha value is -4.02. The van der Waals surface area contributed by atoms with E-state index in [2.05, 4.69) is 30.4 Å². The van der Waals surface area contributed by atoms with Gasteiger partial charge in [-0.15, -0.1) is 0 Å². The number of hydrogen-bond donors (Lipinski definition) is 2. The van der Waals surface area contributed by atoms with E-state index >= 15 is 0 Å². The lowest BCUT2D eigenvalue weighted by Crippen LogP contribution is -2.08. The molecular weight excluding hydrogens is 438 g/mol. The summed E-state index contributed by atoms with van der Waals surface area (Å²) in [6.45, 7) is 4.15. The van der Waals surface area contributed by atoms with Gasteiger partial charge in [-0.2, -0.15) is 18.3 Å². The molecule has 0 aliphatic rings. The number of alkyl halides is 3. The van der Waals surface area contributed by atoms with Crippen molar-refractivity contribution in [3.63, 3.8) is 0 Å². The summed E-state index contributed by atoms with van der Waals surface area (Å²) in [6.07, 6.45) is 1.23. The third kappa shape index (κ3) is 3.55. The molecule has 0 aliphatic heterocycles. The third-order valence-corrected chi connectivity index (χ3v) is 5.24. The van der Waals surface area contributed by atoms with Gasteiger partial charge in [-0.3, -0.25) is 0 Å². The number of aromatic nitrogens is 6. The maximum absolute atomic E-state index is 14.5. The van der Waals surface area contributed by atoms with Crippen molar-refractivity contribution in [3.8, 4) is 16.8 Å². The first-order valence-corrected chi connectivity index (χ1v) is 10.1. The smallest absolute Gasteiger partial charge is 0.384 e. The highest BCUT2D eigenvalue weighted by atomic mass is 19.4. The number of nitrogens with zero attached hydrogens (tertiary/aromatic N) is 5. The Morgan fingerprint density at radius 2 is 1.85 bits per heavy atom. The van der Waals surface area contributed by atoms with Crippen LogP contribution in [0.1, 0.15) is 18.4 Å². The first-order chi connectivity index (χ1) is 15.8. The normalized spacial score (nSPS) is 12.1. The minimum absolute atomic E-state index is 0.308. The largest absolute Gasteiger partial charge is 0.435 e. The number of nitrogens with one attached hydrogen (secondary N) is 2. The Labute approximate surface area is 184 Å². The van der Waals surface area contributed by atoms with Gasteiger partial charge in [0.25, 0.3) is 0 Å². The zero-order valence-electron chi connectivity index (χ0n) is 17.5. The van der Waals surface area contributed by atoms with Crippen LogP contribution >= 0.6 is 0 Å². The van der Waals surface area contributed by atoms with Gasteiger partial charge in [0, 0.05) is 47.8 Å². The van der Waals surface area contributed by atoms with Crippen molar-refractivity contribution in [2.45, 2.75) is 20.0 Å². The quantitative estimate of drug-likeness (QED) is 0.361. The number of aryl methyl sites for hydroxylation is 1. The van der Waals surface area contributed by atoms with Gasteiger partial charge in [0.15, 0.2) is 5.69 Å². The topological polar surface area (TPSA) is 84.3 Å². The van der Waals surface area contributed by atoms with E-state index in [1.165, 1.54) is 24.5 Å². The third-order valence-electron chi connectivity index (χ3n) is 5.24. The molecule has 7 nitrogen and oxygen atoms in total. The molecule has 33 heavy (non-hydrogen) atoms. The van der Waals surface area contributed by atoms with E-state index in [0.717, 1.165) is 10.7 Å². The lowest BCUT2D eigenvalue weighted by molar-refractivity contribution is -0.141. The number of H-pyrrole nitrogens is 1. The molecule has 0 spiro atoms. The summed E-state index contributed by atoms with van der Waals surface area (Å²) in [5.74, 6) is 0.0445. The van der Waals surface area contributed by atoms with Gasteiger partial charge in [0.1, 0.15) is 17.3 Å². The molecule has 0 aliphatic carbocycles. The lowest BCUT2D eigenvalue weighted by atomic mass is 10.0. The predicted octanol–water partition coefficient (Wildman–Crippen LogP) is 5.26. The van der Waals surface area contributed by atoms with Crippen molar-refractivity contribution in [2.24, 2.45) is 0 Å². The van der Waals surface area contributed by atoms with Crippen molar-refractivity contribution in [1.82, 2.24) is 29.7 Å². The Balaban J connectivity index is 1.89. The summed E-state index contributed by atoms with van der Waals surface area (Å²) in [6, 6.07) is 3.57. The zero-order valence-corrected chi connectivity index (χ0v) is 17.5. The summed E-state index contributed by atoms with van der Waals surface area (Å²) in [5.41, 5.74) is 1.74. The Kier molecular flexibility index (Phi) is 4.76. The summed E-state index contributed by atoms with van der Waals surface area (Å²) >= 11 is 0. The summed E-state index contributed by atoms with van der Waals surface area (Å²) in [5, 5.41) is 7.76. The number of anilines is 1. The van der Waals surface area contributed by atoms with Crippen LogP contribution in [0.5, 0.6) is 0 Å². The van der Waals surface area contributed by atoms with Crippen LogP contribution in [-0.2, 0) is 6.18 Å². The zero-order chi connectivity index (χ0) is 23.3. The number of fused-ring (bicyclic) bond motifs is 3. The highest BCUT2D eigenvalue weighted by Gasteiger charge is 2.34. The molecule has 168 valence electrons. The number of rotatable bonds is 4. The second-order valence-electron chi connectivity index (χ2n) is 7.44. The molecular formula is C22H17F4N7. The molecule has 2 N–H and O–H groups in total.